The molecule has 0 radical (unpaired) electrons. The fourth-order valence-corrected chi connectivity index (χ4v) is 2.32. The largest absolute Gasteiger partial charge is 0.497 e. The number of hydrogen-bond acceptors (Lipinski definition) is 6. The minimum absolute atomic E-state index is 0.282. The lowest BCUT2D eigenvalue weighted by molar-refractivity contribution is 0.102. The Morgan fingerprint density at radius 1 is 0.926 bits per heavy atom. The molecule has 2 aromatic carbocycles. The van der Waals surface area contributed by atoms with Crippen molar-refractivity contribution in [1.29, 1.82) is 0 Å². The molecule has 0 saturated carbocycles. The zero-order chi connectivity index (χ0) is 19.1. The summed E-state index contributed by atoms with van der Waals surface area (Å²) in [5, 5.41) is 5.87. The molecule has 1 amide bonds. The van der Waals surface area contributed by atoms with Gasteiger partial charge in [0.15, 0.2) is 0 Å². The van der Waals surface area contributed by atoms with Crippen LogP contribution in [0.3, 0.4) is 0 Å². The Balaban J connectivity index is 1.60. The molecule has 0 aliphatic rings. The number of benzene rings is 2. The number of ether oxygens (including phenoxy) is 2. The van der Waals surface area contributed by atoms with Gasteiger partial charge in [-0.1, -0.05) is 0 Å². The molecule has 0 aliphatic heterocycles. The molecular formula is C20H20N4O3. The van der Waals surface area contributed by atoms with E-state index in [1.165, 1.54) is 12.4 Å². The highest BCUT2D eigenvalue weighted by Crippen LogP contribution is 2.18. The van der Waals surface area contributed by atoms with Crippen LogP contribution in [-0.2, 0) is 0 Å². The molecule has 27 heavy (non-hydrogen) atoms. The van der Waals surface area contributed by atoms with Gasteiger partial charge in [0.2, 0.25) is 5.95 Å². The van der Waals surface area contributed by atoms with Crippen molar-refractivity contribution in [3.63, 3.8) is 0 Å². The van der Waals surface area contributed by atoms with Crippen LogP contribution in [0.25, 0.3) is 0 Å². The van der Waals surface area contributed by atoms with Crippen LogP contribution < -0.4 is 20.1 Å². The Labute approximate surface area is 157 Å². The number of amides is 1. The van der Waals surface area contributed by atoms with Crippen molar-refractivity contribution in [3.05, 3.63) is 66.5 Å². The van der Waals surface area contributed by atoms with E-state index in [9.17, 15) is 4.79 Å². The quantitative estimate of drug-likeness (QED) is 0.662. The van der Waals surface area contributed by atoms with Crippen LogP contribution in [0.2, 0.25) is 0 Å². The van der Waals surface area contributed by atoms with E-state index in [1.54, 1.807) is 31.4 Å². The maximum atomic E-state index is 12.3. The fourth-order valence-electron chi connectivity index (χ4n) is 2.32. The SMILES string of the molecule is CCOc1ccc(NC(=O)c2cnc(Nc3ccc(OC)cc3)nc2)cc1. The molecular weight excluding hydrogens is 344 g/mol. The second kappa shape index (κ2) is 8.66. The number of nitrogens with one attached hydrogen (secondary N) is 2. The molecule has 7 nitrogen and oxygen atoms in total. The molecule has 0 spiro atoms. The maximum absolute atomic E-state index is 12.3. The van der Waals surface area contributed by atoms with Crippen LogP contribution in [-0.4, -0.2) is 29.6 Å². The molecule has 1 aromatic heterocycles. The van der Waals surface area contributed by atoms with E-state index in [0.29, 0.717) is 23.8 Å². The van der Waals surface area contributed by atoms with Gasteiger partial charge in [0, 0.05) is 23.8 Å². The zero-order valence-corrected chi connectivity index (χ0v) is 15.1. The van der Waals surface area contributed by atoms with Crippen molar-refractivity contribution in [1.82, 2.24) is 9.97 Å². The zero-order valence-electron chi connectivity index (χ0n) is 15.1. The summed E-state index contributed by atoms with van der Waals surface area (Å²) in [5.74, 6) is 1.64. The maximum Gasteiger partial charge on any atom is 0.258 e. The van der Waals surface area contributed by atoms with Crippen LogP contribution >= 0.6 is 0 Å². The molecule has 7 heteroatoms. The lowest BCUT2D eigenvalue weighted by atomic mass is 10.2. The van der Waals surface area contributed by atoms with E-state index in [2.05, 4.69) is 20.6 Å². The van der Waals surface area contributed by atoms with Crippen LogP contribution in [0.5, 0.6) is 11.5 Å². The lowest BCUT2D eigenvalue weighted by Crippen LogP contribution is -2.13. The van der Waals surface area contributed by atoms with Crippen molar-refractivity contribution in [3.8, 4) is 11.5 Å². The summed E-state index contributed by atoms with van der Waals surface area (Å²) in [5.41, 5.74) is 1.86. The third-order valence-corrected chi connectivity index (χ3v) is 3.68. The summed E-state index contributed by atoms with van der Waals surface area (Å²) >= 11 is 0. The van der Waals surface area contributed by atoms with Gasteiger partial charge >= 0.3 is 0 Å². The van der Waals surface area contributed by atoms with Crippen molar-refractivity contribution in [2.45, 2.75) is 6.92 Å². The second-order valence-electron chi connectivity index (χ2n) is 5.56. The Hall–Kier alpha value is -3.61. The van der Waals surface area contributed by atoms with Crippen LogP contribution in [0.1, 0.15) is 17.3 Å². The van der Waals surface area contributed by atoms with Gasteiger partial charge in [0.25, 0.3) is 5.91 Å². The Morgan fingerprint density at radius 2 is 1.52 bits per heavy atom. The first-order valence-corrected chi connectivity index (χ1v) is 8.45. The van der Waals surface area contributed by atoms with Crippen molar-refractivity contribution in [2.24, 2.45) is 0 Å². The number of aromatic nitrogens is 2. The average Bonchev–Trinajstić information content (AvgIpc) is 2.71. The van der Waals surface area contributed by atoms with Gasteiger partial charge < -0.3 is 20.1 Å². The molecule has 2 N–H and O–H groups in total. The molecule has 0 unspecified atom stereocenters. The van der Waals surface area contributed by atoms with E-state index in [1.807, 2.05) is 31.2 Å². The fraction of sp³-hybridized carbons (Fsp3) is 0.150. The van der Waals surface area contributed by atoms with E-state index < -0.39 is 0 Å². The third kappa shape index (κ3) is 4.94. The highest BCUT2D eigenvalue weighted by atomic mass is 16.5. The molecule has 0 aliphatic carbocycles. The second-order valence-corrected chi connectivity index (χ2v) is 5.56. The van der Waals surface area contributed by atoms with E-state index >= 15 is 0 Å². The van der Waals surface area contributed by atoms with Crippen LogP contribution in [0.4, 0.5) is 17.3 Å². The predicted octanol–water partition coefficient (Wildman–Crippen LogP) is 3.88. The van der Waals surface area contributed by atoms with Gasteiger partial charge in [-0.05, 0) is 55.5 Å². The van der Waals surface area contributed by atoms with Crippen LogP contribution in [0.15, 0.2) is 60.9 Å². The summed E-state index contributed by atoms with van der Waals surface area (Å²) < 4.78 is 10.5. The number of carbonyl (C=O) groups is 1. The number of carbonyl (C=O) groups excluding carboxylic acids is 1. The number of anilines is 3. The van der Waals surface area contributed by atoms with Gasteiger partial charge in [0.05, 0.1) is 19.3 Å². The van der Waals surface area contributed by atoms with Gasteiger partial charge in [-0.3, -0.25) is 4.79 Å². The number of nitrogens with zero attached hydrogens (tertiary/aromatic N) is 2. The average molecular weight is 364 g/mol. The monoisotopic (exact) mass is 364 g/mol. The summed E-state index contributed by atoms with van der Waals surface area (Å²) in [6, 6.07) is 14.5. The molecule has 0 saturated heterocycles. The first-order chi connectivity index (χ1) is 13.2. The van der Waals surface area contributed by atoms with Gasteiger partial charge in [-0.25, -0.2) is 9.97 Å². The predicted molar refractivity (Wildman–Crippen MR) is 104 cm³/mol. The lowest BCUT2D eigenvalue weighted by Gasteiger charge is -2.08. The summed E-state index contributed by atoms with van der Waals surface area (Å²) in [7, 11) is 1.61. The van der Waals surface area contributed by atoms with E-state index in [0.717, 1.165) is 17.2 Å². The van der Waals surface area contributed by atoms with E-state index in [-0.39, 0.29) is 5.91 Å². The van der Waals surface area contributed by atoms with Gasteiger partial charge in [-0.2, -0.15) is 0 Å². The molecule has 1 heterocycles. The van der Waals surface area contributed by atoms with Gasteiger partial charge in [-0.15, -0.1) is 0 Å². The minimum Gasteiger partial charge on any atom is -0.497 e. The number of methoxy groups -OCH3 is 1. The van der Waals surface area contributed by atoms with Crippen molar-refractivity contribution in [2.75, 3.05) is 24.4 Å². The molecule has 3 aromatic rings. The Kier molecular flexibility index (Phi) is 5.84. The summed E-state index contributed by atoms with van der Waals surface area (Å²) in [6.07, 6.45) is 2.95. The molecule has 0 atom stereocenters. The van der Waals surface area contributed by atoms with Crippen molar-refractivity contribution < 1.29 is 14.3 Å². The highest BCUT2D eigenvalue weighted by Gasteiger charge is 2.08. The van der Waals surface area contributed by atoms with Gasteiger partial charge in [0.1, 0.15) is 11.5 Å². The number of rotatable bonds is 7. The highest BCUT2D eigenvalue weighted by molar-refractivity contribution is 6.03. The minimum atomic E-state index is -0.282. The normalized spacial score (nSPS) is 10.1. The topological polar surface area (TPSA) is 85.4 Å². The standard InChI is InChI=1S/C20H20N4O3/c1-3-27-18-10-6-15(7-11-18)23-19(25)14-12-21-20(22-13-14)24-16-4-8-17(26-2)9-5-16/h4-13H,3H2,1-2H3,(H,23,25)(H,21,22,24). The first kappa shape index (κ1) is 18.2. The first-order valence-electron chi connectivity index (χ1n) is 8.45. The molecule has 0 fully saturated rings. The number of hydrogen-bond donors (Lipinski definition) is 2. The third-order valence-electron chi connectivity index (χ3n) is 3.68. The summed E-state index contributed by atoms with van der Waals surface area (Å²) in [4.78, 5) is 20.7. The van der Waals surface area contributed by atoms with E-state index in [4.69, 9.17) is 9.47 Å². The summed E-state index contributed by atoms with van der Waals surface area (Å²) in [6.45, 7) is 2.52. The van der Waals surface area contributed by atoms with Crippen LogP contribution in [0, 0.1) is 0 Å². The Morgan fingerprint density at radius 3 is 2.11 bits per heavy atom. The molecule has 138 valence electrons. The molecule has 0 bridgehead atoms. The smallest absolute Gasteiger partial charge is 0.258 e. The molecule has 3 rings (SSSR count). The Bertz CT molecular complexity index is 879. The van der Waals surface area contributed by atoms with Crippen molar-refractivity contribution >= 4 is 23.2 Å².